The van der Waals surface area contributed by atoms with Crippen LogP contribution in [0.3, 0.4) is 0 Å². The molecule has 21 heavy (non-hydrogen) atoms. The number of carbonyl (C=O) groups is 1. The van der Waals surface area contributed by atoms with E-state index in [1.165, 1.54) is 25.3 Å². The summed E-state index contributed by atoms with van der Waals surface area (Å²) in [6, 6.07) is 8.43. The van der Waals surface area contributed by atoms with Gasteiger partial charge in [-0.3, -0.25) is 4.79 Å². The third-order valence-electron chi connectivity index (χ3n) is 3.00. The van der Waals surface area contributed by atoms with Gasteiger partial charge < -0.3 is 4.74 Å². The van der Waals surface area contributed by atoms with Crippen LogP contribution in [0.2, 0.25) is 0 Å². The normalized spacial score (nSPS) is 10.9. The number of benzene rings is 2. The Kier molecular flexibility index (Phi) is 4.48. The van der Waals surface area contributed by atoms with Gasteiger partial charge in [0.2, 0.25) is 0 Å². The highest BCUT2D eigenvalue weighted by Crippen LogP contribution is 2.21. The van der Waals surface area contributed by atoms with Crippen molar-refractivity contribution in [3.05, 3.63) is 70.8 Å². The lowest BCUT2D eigenvalue weighted by Gasteiger charge is -2.06. The molecule has 4 heteroatoms. The topological polar surface area (TPSA) is 26.3 Å². The second-order valence-corrected chi connectivity index (χ2v) is 4.57. The van der Waals surface area contributed by atoms with Gasteiger partial charge in [-0.2, -0.15) is 0 Å². The SMILES string of the molecule is COc1ccc(C)cc1C(=O)C=Cc1ccc(F)cc1F. The standard InChI is InChI=1S/C17H14F2O2/c1-11-3-8-17(21-2)14(9-11)16(20)7-5-12-4-6-13(18)10-15(12)19/h3-10H,1-2H3. The summed E-state index contributed by atoms with van der Waals surface area (Å²) in [4.78, 5) is 12.2. The number of carbonyl (C=O) groups excluding carboxylic acids is 1. The summed E-state index contributed by atoms with van der Waals surface area (Å²) in [6.07, 6.45) is 2.56. The van der Waals surface area contributed by atoms with E-state index in [1.807, 2.05) is 13.0 Å². The fourth-order valence-electron chi connectivity index (χ4n) is 1.91. The van der Waals surface area contributed by atoms with Gasteiger partial charge in [0.1, 0.15) is 17.4 Å². The third-order valence-corrected chi connectivity index (χ3v) is 3.00. The molecule has 0 atom stereocenters. The molecule has 0 N–H and O–H groups in total. The van der Waals surface area contributed by atoms with E-state index in [2.05, 4.69) is 0 Å². The largest absolute Gasteiger partial charge is 0.496 e. The van der Waals surface area contributed by atoms with Gasteiger partial charge in [-0.25, -0.2) is 8.78 Å². The fourth-order valence-corrected chi connectivity index (χ4v) is 1.91. The summed E-state index contributed by atoms with van der Waals surface area (Å²) in [5, 5.41) is 0. The van der Waals surface area contributed by atoms with Crippen molar-refractivity contribution in [1.82, 2.24) is 0 Å². The maximum Gasteiger partial charge on any atom is 0.189 e. The van der Waals surface area contributed by atoms with Crippen LogP contribution in [-0.2, 0) is 0 Å². The van der Waals surface area contributed by atoms with Crippen molar-refractivity contribution in [1.29, 1.82) is 0 Å². The van der Waals surface area contributed by atoms with Gasteiger partial charge in [0, 0.05) is 11.6 Å². The second kappa shape index (κ2) is 6.31. The van der Waals surface area contributed by atoms with Crippen LogP contribution < -0.4 is 4.74 Å². The first-order valence-electron chi connectivity index (χ1n) is 6.33. The van der Waals surface area contributed by atoms with E-state index in [9.17, 15) is 13.6 Å². The molecule has 0 spiro atoms. The Labute approximate surface area is 121 Å². The van der Waals surface area contributed by atoms with Crippen molar-refractivity contribution >= 4 is 11.9 Å². The van der Waals surface area contributed by atoms with Crippen molar-refractivity contribution in [3.63, 3.8) is 0 Å². The van der Waals surface area contributed by atoms with Gasteiger partial charge in [0.05, 0.1) is 12.7 Å². The first-order chi connectivity index (χ1) is 10.0. The molecule has 2 rings (SSSR count). The Morgan fingerprint density at radius 1 is 1.14 bits per heavy atom. The Balaban J connectivity index is 2.29. The highest BCUT2D eigenvalue weighted by atomic mass is 19.1. The van der Waals surface area contributed by atoms with E-state index >= 15 is 0 Å². The molecule has 0 saturated carbocycles. The zero-order valence-corrected chi connectivity index (χ0v) is 11.7. The number of halogens is 2. The highest BCUT2D eigenvalue weighted by molar-refractivity contribution is 6.08. The van der Waals surface area contributed by atoms with Crippen molar-refractivity contribution in [2.75, 3.05) is 7.11 Å². The molecule has 0 fully saturated rings. The zero-order chi connectivity index (χ0) is 15.4. The molecule has 0 bridgehead atoms. The average molecular weight is 288 g/mol. The molecule has 2 aromatic rings. The first-order valence-corrected chi connectivity index (χ1v) is 6.33. The minimum absolute atomic E-state index is 0.149. The second-order valence-electron chi connectivity index (χ2n) is 4.57. The Hall–Kier alpha value is -2.49. The number of ether oxygens (including phenoxy) is 1. The smallest absolute Gasteiger partial charge is 0.189 e. The van der Waals surface area contributed by atoms with Crippen LogP contribution in [0.25, 0.3) is 6.08 Å². The lowest BCUT2D eigenvalue weighted by molar-refractivity contribution is 0.104. The molecule has 0 aliphatic carbocycles. The van der Waals surface area contributed by atoms with E-state index in [4.69, 9.17) is 4.74 Å². The van der Waals surface area contributed by atoms with Crippen LogP contribution in [0.5, 0.6) is 5.75 Å². The predicted octanol–water partition coefficient (Wildman–Crippen LogP) is 4.18. The number of hydrogen-bond donors (Lipinski definition) is 0. The molecule has 0 aliphatic rings. The van der Waals surface area contributed by atoms with Crippen LogP contribution in [0, 0.1) is 18.6 Å². The van der Waals surface area contributed by atoms with Crippen molar-refractivity contribution in [2.24, 2.45) is 0 Å². The number of rotatable bonds is 4. The monoisotopic (exact) mass is 288 g/mol. The van der Waals surface area contributed by atoms with E-state index in [1.54, 1.807) is 12.1 Å². The Morgan fingerprint density at radius 2 is 1.90 bits per heavy atom. The van der Waals surface area contributed by atoms with Crippen LogP contribution >= 0.6 is 0 Å². The first kappa shape index (κ1) is 14.9. The molecular weight excluding hydrogens is 274 g/mol. The molecule has 0 aliphatic heterocycles. The predicted molar refractivity (Wildman–Crippen MR) is 77.5 cm³/mol. The van der Waals surface area contributed by atoms with Crippen molar-refractivity contribution < 1.29 is 18.3 Å². The zero-order valence-electron chi connectivity index (χ0n) is 11.7. The van der Waals surface area contributed by atoms with E-state index in [-0.39, 0.29) is 11.3 Å². The molecule has 0 amide bonds. The molecule has 0 saturated heterocycles. The number of methoxy groups -OCH3 is 1. The molecule has 0 aromatic heterocycles. The summed E-state index contributed by atoms with van der Waals surface area (Å²) in [5.41, 5.74) is 1.47. The molecule has 0 radical (unpaired) electrons. The van der Waals surface area contributed by atoms with Gasteiger partial charge in [-0.1, -0.05) is 11.6 Å². The molecule has 2 nitrogen and oxygen atoms in total. The van der Waals surface area contributed by atoms with Crippen LogP contribution in [0.15, 0.2) is 42.5 Å². The Bertz CT molecular complexity index is 706. The van der Waals surface area contributed by atoms with Gasteiger partial charge in [-0.15, -0.1) is 0 Å². The van der Waals surface area contributed by atoms with Gasteiger partial charge in [0.15, 0.2) is 5.78 Å². The minimum Gasteiger partial charge on any atom is -0.496 e. The molecule has 108 valence electrons. The van der Waals surface area contributed by atoms with E-state index in [0.717, 1.165) is 17.7 Å². The lowest BCUT2D eigenvalue weighted by atomic mass is 10.1. The number of ketones is 1. The number of hydrogen-bond acceptors (Lipinski definition) is 2. The minimum atomic E-state index is -0.713. The number of aryl methyl sites for hydroxylation is 1. The average Bonchev–Trinajstić information content (AvgIpc) is 2.46. The molecule has 2 aromatic carbocycles. The van der Waals surface area contributed by atoms with Gasteiger partial charge in [-0.05, 0) is 43.3 Å². The lowest BCUT2D eigenvalue weighted by Crippen LogP contribution is -1.99. The summed E-state index contributed by atoms with van der Waals surface area (Å²) in [6.45, 7) is 1.86. The maximum absolute atomic E-state index is 13.5. The Morgan fingerprint density at radius 3 is 2.57 bits per heavy atom. The highest BCUT2D eigenvalue weighted by Gasteiger charge is 2.10. The summed E-state index contributed by atoms with van der Waals surface area (Å²) < 4.78 is 31.4. The summed E-state index contributed by atoms with van der Waals surface area (Å²) >= 11 is 0. The molecular formula is C17H14F2O2. The van der Waals surface area contributed by atoms with E-state index < -0.39 is 11.6 Å². The molecule has 0 unspecified atom stereocenters. The summed E-state index contributed by atoms with van der Waals surface area (Å²) in [7, 11) is 1.48. The van der Waals surface area contributed by atoms with Crippen LogP contribution in [0.1, 0.15) is 21.5 Å². The van der Waals surface area contributed by atoms with Crippen LogP contribution in [0.4, 0.5) is 8.78 Å². The van der Waals surface area contributed by atoms with E-state index in [0.29, 0.717) is 11.3 Å². The fraction of sp³-hybridized carbons (Fsp3) is 0.118. The number of allylic oxidation sites excluding steroid dienone is 1. The van der Waals surface area contributed by atoms with Crippen molar-refractivity contribution in [3.8, 4) is 5.75 Å². The van der Waals surface area contributed by atoms with Crippen molar-refractivity contribution in [2.45, 2.75) is 6.92 Å². The van der Waals surface area contributed by atoms with Gasteiger partial charge in [0.25, 0.3) is 0 Å². The quantitative estimate of drug-likeness (QED) is 0.623. The van der Waals surface area contributed by atoms with Gasteiger partial charge >= 0.3 is 0 Å². The maximum atomic E-state index is 13.5. The van der Waals surface area contributed by atoms with Crippen LogP contribution in [-0.4, -0.2) is 12.9 Å². The molecule has 0 heterocycles. The summed E-state index contributed by atoms with van der Waals surface area (Å²) in [5.74, 6) is -1.22. The third kappa shape index (κ3) is 3.54.